The second-order valence-electron chi connectivity index (χ2n) is 7.60. The van der Waals surface area contributed by atoms with Gasteiger partial charge in [0, 0.05) is 21.7 Å². The molecule has 1 saturated carbocycles. The van der Waals surface area contributed by atoms with Crippen molar-refractivity contribution in [2.24, 2.45) is 5.73 Å². The van der Waals surface area contributed by atoms with E-state index in [0.29, 0.717) is 10.7 Å². The third-order valence-electron chi connectivity index (χ3n) is 4.32. The molecule has 0 bridgehead atoms. The minimum Gasteiger partial charge on any atom is -0.444 e. The topological polar surface area (TPSA) is 64.3 Å². The maximum Gasteiger partial charge on any atom is 0.412 e. The molecule has 1 aromatic carbocycles. The van der Waals surface area contributed by atoms with Crippen molar-refractivity contribution >= 4 is 23.4 Å². The molecule has 0 heterocycles. The van der Waals surface area contributed by atoms with Crippen LogP contribution in [0.2, 0.25) is 5.02 Å². The number of amides is 1. The highest BCUT2D eigenvalue weighted by Gasteiger charge is 2.52. The Morgan fingerprint density at radius 3 is 2.36 bits per heavy atom. The lowest BCUT2D eigenvalue weighted by Gasteiger charge is -2.34. The van der Waals surface area contributed by atoms with E-state index in [-0.39, 0.29) is 11.0 Å². The monoisotopic (exact) mass is 324 g/mol. The molecule has 0 aromatic heterocycles. The number of benzene rings is 1. The van der Waals surface area contributed by atoms with E-state index in [1.165, 1.54) is 0 Å². The summed E-state index contributed by atoms with van der Waals surface area (Å²) in [5.74, 6) is 0. The predicted octanol–water partition coefficient (Wildman–Crippen LogP) is 4.46. The molecule has 1 aromatic rings. The number of anilines is 1. The molecule has 0 spiro atoms. The van der Waals surface area contributed by atoms with Gasteiger partial charge in [0.05, 0.1) is 0 Å². The van der Waals surface area contributed by atoms with Crippen LogP contribution in [0.5, 0.6) is 0 Å². The highest BCUT2D eigenvalue weighted by molar-refractivity contribution is 6.31. The Morgan fingerprint density at radius 2 is 1.86 bits per heavy atom. The summed E-state index contributed by atoms with van der Waals surface area (Å²) in [4.78, 5) is 12.1. The first kappa shape index (κ1) is 17.1. The number of hydrogen-bond acceptors (Lipinski definition) is 3. The molecule has 5 heteroatoms. The molecule has 0 saturated heterocycles. The maximum atomic E-state index is 12.1. The van der Waals surface area contributed by atoms with Crippen molar-refractivity contribution in [3.63, 3.8) is 0 Å². The summed E-state index contributed by atoms with van der Waals surface area (Å²) in [7, 11) is 0. The van der Waals surface area contributed by atoms with Crippen LogP contribution < -0.4 is 11.1 Å². The van der Waals surface area contributed by atoms with Crippen LogP contribution in [0.25, 0.3) is 0 Å². The average molecular weight is 325 g/mol. The SMILES string of the molecule is CC(C)(C)OC(=O)Nc1cc(Cl)ccc1C(C)(C)C1(N)CC1. The van der Waals surface area contributed by atoms with Crippen LogP contribution in [0.4, 0.5) is 10.5 Å². The summed E-state index contributed by atoms with van der Waals surface area (Å²) in [5, 5.41) is 3.38. The molecule has 0 unspecified atom stereocenters. The van der Waals surface area contributed by atoms with Crippen LogP contribution in [-0.4, -0.2) is 17.2 Å². The highest BCUT2D eigenvalue weighted by Crippen LogP contribution is 2.51. The van der Waals surface area contributed by atoms with Gasteiger partial charge in [-0.2, -0.15) is 0 Å². The van der Waals surface area contributed by atoms with Gasteiger partial charge < -0.3 is 10.5 Å². The molecule has 0 atom stereocenters. The molecule has 1 amide bonds. The fraction of sp³-hybridized carbons (Fsp3) is 0.588. The molecule has 0 aliphatic heterocycles. The van der Waals surface area contributed by atoms with E-state index in [1.54, 1.807) is 6.07 Å². The fourth-order valence-electron chi connectivity index (χ4n) is 2.61. The normalized spacial score (nSPS) is 17.0. The number of nitrogens with one attached hydrogen (secondary N) is 1. The minimum atomic E-state index is -0.552. The second-order valence-corrected chi connectivity index (χ2v) is 8.03. The summed E-state index contributed by atoms with van der Waals surface area (Å²) in [5.41, 5.74) is 7.01. The Bertz CT molecular complexity index is 587. The Kier molecular flexibility index (Phi) is 4.22. The van der Waals surface area contributed by atoms with Gasteiger partial charge in [-0.3, -0.25) is 5.32 Å². The lowest BCUT2D eigenvalue weighted by atomic mass is 9.75. The third-order valence-corrected chi connectivity index (χ3v) is 4.56. The zero-order chi connectivity index (χ0) is 16.8. The zero-order valence-electron chi connectivity index (χ0n) is 13.9. The van der Waals surface area contributed by atoms with Gasteiger partial charge in [-0.15, -0.1) is 0 Å². The molecule has 1 fully saturated rings. The summed E-state index contributed by atoms with van der Waals surface area (Å²) in [6.45, 7) is 9.68. The molecule has 3 N–H and O–H groups in total. The Hall–Kier alpha value is -1.26. The van der Waals surface area contributed by atoms with Crippen molar-refractivity contribution in [3.8, 4) is 0 Å². The van der Waals surface area contributed by atoms with Crippen molar-refractivity contribution in [2.45, 2.75) is 64.0 Å². The standard InChI is InChI=1S/C17H25ClN2O2/c1-15(2,3)22-14(21)20-13-10-11(18)6-7-12(13)16(4,5)17(19)8-9-17/h6-7,10H,8-9,19H2,1-5H3,(H,20,21). The van der Waals surface area contributed by atoms with Gasteiger partial charge >= 0.3 is 6.09 Å². The van der Waals surface area contributed by atoms with Gasteiger partial charge in [0.25, 0.3) is 0 Å². The largest absolute Gasteiger partial charge is 0.444 e. The van der Waals surface area contributed by atoms with E-state index >= 15 is 0 Å². The van der Waals surface area contributed by atoms with Gasteiger partial charge in [0.15, 0.2) is 0 Å². The fourth-order valence-corrected chi connectivity index (χ4v) is 2.78. The van der Waals surface area contributed by atoms with Gasteiger partial charge in [-0.05, 0) is 51.3 Å². The minimum absolute atomic E-state index is 0.231. The molecule has 0 radical (unpaired) electrons. The zero-order valence-corrected chi connectivity index (χ0v) is 14.7. The van der Waals surface area contributed by atoms with Crippen LogP contribution in [0.15, 0.2) is 18.2 Å². The van der Waals surface area contributed by atoms with Gasteiger partial charge in [0.2, 0.25) is 0 Å². The molecule has 22 heavy (non-hydrogen) atoms. The first-order valence-corrected chi connectivity index (χ1v) is 7.91. The van der Waals surface area contributed by atoms with E-state index < -0.39 is 11.7 Å². The second kappa shape index (κ2) is 5.43. The Morgan fingerprint density at radius 1 is 1.27 bits per heavy atom. The molecular formula is C17H25ClN2O2. The van der Waals surface area contributed by atoms with Crippen molar-refractivity contribution < 1.29 is 9.53 Å². The van der Waals surface area contributed by atoms with E-state index in [2.05, 4.69) is 19.2 Å². The number of hydrogen-bond donors (Lipinski definition) is 2. The van der Waals surface area contributed by atoms with Crippen molar-refractivity contribution in [2.75, 3.05) is 5.32 Å². The lowest BCUT2D eigenvalue weighted by Crippen LogP contribution is -2.44. The maximum absolute atomic E-state index is 12.1. The van der Waals surface area contributed by atoms with E-state index in [4.69, 9.17) is 22.1 Å². The summed E-state index contributed by atoms with van der Waals surface area (Å²) >= 11 is 6.09. The molecule has 1 aliphatic carbocycles. The molecule has 2 rings (SSSR count). The number of carbonyl (C=O) groups is 1. The molecular weight excluding hydrogens is 300 g/mol. The quantitative estimate of drug-likeness (QED) is 0.863. The molecule has 122 valence electrons. The van der Waals surface area contributed by atoms with E-state index in [1.807, 2.05) is 32.9 Å². The lowest BCUT2D eigenvalue weighted by molar-refractivity contribution is 0.0635. The van der Waals surface area contributed by atoms with Crippen molar-refractivity contribution in [1.29, 1.82) is 0 Å². The Labute approximate surface area is 137 Å². The number of nitrogens with two attached hydrogens (primary N) is 1. The van der Waals surface area contributed by atoms with Crippen LogP contribution in [-0.2, 0) is 10.2 Å². The molecule has 1 aliphatic rings. The van der Waals surface area contributed by atoms with E-state index in [9.17, 15) is 4.79 Å². The first-order valence-electron chi connectivity index (χ1n) is 7.54. The van der Waals surface area contributed by atoms with E-state index in [0.717, 1.165) is 18.4 Å². The highest BCUT2D eigenvalue weighted by atomic mass is 35.5. The van der Waals surface area contributed by atoms with Crippen LogP contribution in [0.1, 0.15) is 53.0 Å². The van der Waals surface area contributed by atoms with Gasteiger partial charge in [-0.1, -0.05) is 31.5 Å². The summed E-state index contributed by atoms with van der Waals surface area (Å²) in [6, 6.07) is 5.50. The summed E-state index contributed by atoms with van der Waals surface area (Å²) < 4.78 is 5.33. The number of rotatable bonds is 3. The number of ether oxygens (including phenoxy) is 1. The first-order chi connectivity index (χ1) is 9.95. The average Bonchev–Trinajstić information content (AvgIpc) is 3.06. The van der Waals surface area contributed by atoms with Crippen LogP contribution in [0, 0.1) is 0 Å². The van der Waals surface area contributed by atoms with Gasteiger partial charge in [0.1, 0.15) is 5.60 Å². The molecule has 4 nitrogen and oxygen atoms in total. The number of halogens is 1. The predicted molar refractivity (Wildman–Crippen MR) is 90.5 cm³/mol. The van der Waals surface area contributed by atoms with Crippen molar-refractivity contribution in [3.05, 3.63) is 28.8 Å². The smallest absolute Gasteiger partial charge is 0.412 e. The summed E-state index contributed by atoms with van der Waals surface area (Å²) in [6.07, 6.45) is 1.47. The number of carbonyl (C=O) groups excluding carboxylic acids is 1. The van der Waals surface area contributed by atoms with Crippen LogP contribution in [0.3, 0.4) is 0 Å². The Balaban J connectivity index is 2.31. The van der Waals surface area contributed by atoms with Gasteiger partial charge in [-0.25, -0.2) is 4.79 Å². The third kappa shape index (κ3) is 3.55. The van der Waals surface area contributed by atoms with Crippen molar-refractivity contribution in [1.82, 2.24) is 0 Å². The van der Waals surface area contributed by atoms with Crippen LogP contribution >= 0.6 is 11.6 Å².